The summed E-state index contributed by atoms with van der Waals surface area (Å²) >= 11 is 0. The summed E-state index contributed by atoms with van der Waals surface area (Å²) in [5.41, 5.74) is 22.7. The molecule has 1 spiro atoms. The normalized spacial score (nSPS) is 14.5. The van der Waals surface area contributed by atoms with Crippen LogP contribution < -0.4 is 4.90 Å². The molecule has 0 amide bonds. The number of hydrogen-bond acceptors (Lipinski definition) is 1. The fourth-order valence-corrected chi connectivity index (χ4v) is 12.6. The van der Waals surface area contributed by atoms with Crippen LogP contribution in [0.15, 0.2) is 206 Å². The van der Waals surface area contributed by atoms with Crippen molar-refractivity contribution in [3.63, 3.8) is 0 Å². The lowest BCUT2D eigenvalue weighted by Gasteiger charge is -2.33. The number of nitrogens with zero attached hydrogens (tertiary/aromatic N) is 1. The average molecular weight is 832 g/mol. The number of benzene rings is 10. The average Bonchev–Trinajstić information content (AvgIpc) is 3.89. The van der Waals surface area contributed by atoms with E-state index in [9.17, 15) is 0 Å². The summed E-state index contributed by atoms with van der Waals surface area (Å²) in [7, 11) is 0. The molecular formula is C64H49N. The van der Waals surface area contributed by atoms with Gasteiger partial charge in [-0.2, -0.15) is 0 Å². The molecule has 0 heterocycles. The second kappa shape index (κ2) is 13.5. The third kappa shape index (κ3) is 5.10. The maximum Gasteiger partial charge on any atom is 0.0725 e. The van der Waals surface area contributed by atoms with Gasteiger partial charge in [-0.15, -0.1) is 0 Å². The summed E-state index contributed by atoms with van der Waals surface area (Å²) in [5, 5.41) is 5.00. The van der Waals surface area contributed by atoms with Crippen molar-refractivity contribution in [1.82, 2.24) is 0 Å². The highest BCUT2D eigenvalue weighted by atomic mass is 15.1. The van der Waals surface area contributed by atoms with Crippen molar-refractivity contribution < 1.29 is 0 Å². The van der Waals surface area contributed by atoms with Gasteiger partial charge in [-0.05, 0) is 124 Å². The zero-order valence-electron chi connectivity index (χ0n) is 37.6. The molecule has 0 radical (unpaired) electrons. The molecule has 0 aliphatic heterocycles. The van der Waals surface area contributed by atoms with E-state index in [0.717, 1.165) is 17.1 Å². The molecule has 0 N–H and O–H groups in total. The Kier molecular flexibility index (Phi) is 7.91. The monoisotopic (exact) mass is 831 g/mol. The van der Waals surface area contributed by atoms with Crippen LogP contribution in [0.5, 0.6) is 0 Å². The van der Waals surface area contributed by atoms with Gasteiger partial charge in [0.15, 0.2) is 0 Å². The van der Waals surface area contributed by atoms with Crippen molar-refractivity contribution in [3.05, 3.63) is 245 Å². The molecule has 0 saturated carbocycles. The van der Waals surface area contributed by atoms with Crippen molar-refractivity contribution in [2.45, 2.75) is 50.9 Å². The van der Waals surface area contributed by atoms with Crippen LogP contribution in [0.2, 0.25) is 0 Å². The number of hydrogen-bond donors (Lipinski definition) is 0. The van der Waals surface area contributed by atoms with Crippen molar-refractivity contribution in [2.75, 3.05) is 4.90 Å². The van der Waals surface area contributed by atoms with E-state index in [1.807, 2.05) is 0 Å². The first-order chi connectivity index (χ1) is 31.7. The molecule has 0 unspecified atom stereocenters. The van der Waals surface area contributed by atoms with Crippen LogP contribution in [0.3, 0.4) is 0 Å². The Morgan fingerprint density at radius 1 is 0.369 bits per heavy atom. The molecule has 0 aromatic heterocycles. The summed E-state index contributed by atoms with van der Waals surface area (Å²) in [5.74, 6) is 0. The van der Waals surface area contributed by atoms with Gasteiger partial charge < -0.3 is 4.90 Å². The van der Waals surface area contributed by atoms with Crippen LogP contribution in [0.25, 0.3) is 66.1 Å². The van der Waals surface area contributed by atoms with E-state index in [-0.39, 0.29) is 10.8 Å². The zero-order valence-corrected chi connectivity index (χ0v) is 37.6. The van der Waals surface area contributed by atoms with Gasteiger partial charge >= 0.3 is 0 Å². The zero-order chi connectivity index (χ0) is 43.8. The van der Waals surface area contributed by atoms with Gasteiger partial charge in [0.05, 0.1) is 16.8 Å². The number of anilines is 3. The van der Waals surface area contributed by atoms with Gasteiger partial charge in [0, 0.05) is 22.1 Å². The molecule has 10 aromatic carbocycles. The van der Waals surface area contributed by atoms with Gasteiger partial charge in [0.25, 0.3) is 0 Å². The molecule has 0 atom stereocenters. The van der Waals surface area contributed by atoms with E-state index < -0.39 is 5.41 Å². The predicted molar refractivity (Wildman–Crippen MR) is 274 cm³/mol. The lowest BCUT2D eigenvalue weighted by Crippen LogP contribution is -2.25. The maximum atomic E-state index is 2.59. The molecule has 1 heteroatoms. The third-order valence-corrected chi connectivity index (χ3v) is 15.2. The summed E-state index contributed by atoms with van der Waals surface area (Å²) in [6.45, 7) is 11.8. The van der Waals surface area contributed by atoms with Crippen molar-refractivity contribution >= 4 is 38.6 Å². The van der Waals surface area contributed by atoms with Crippen LogP contribution in [-0.4, -0.2) is 0 Å². The first kappa shape index (κ1) is 38.0. The lowest BCUT2D eigenvalue weighted by molar-refractivity contribution is 0.596. The fourth-order valence-electron chi connectivity index (χ4n) is 12.6. The van der Waals surface area contributed by atoms with Crippen LogP contribution in [0.1, 0.15) is 73.6 Å². The molecule has 0 saturated heterocycles. The topological polar surface area (TPSA) is 3.24 Å². The summed E-state index contributed by atoms with van der Waals surface area (Å²) in [6.07, 6.45) is 0. The molecular weight excluding hydrogens is 783 g/mol. The lowest BCUT2D eigenvalue weighted by atomic mass is 9.70. The van der Waals surface area contributed by atoms with Crippen molar-refractivity contribution in [3.8, 4) is 44.5 Å². The van der Waals surface area contributed by atoms with Crippen LogP contribution >= 0.6 is 0 Å². The Morgan fingerprint density at radius 2 is 0.862 bits per heavy atom. The summed E-state index contributed by atoms with van der Waals surface area (Å²) in [6, 6.07) is 78.3. The Labute approximate surface area is 382 Å². The Balaban J connectivity index is 1.14. The fraction of sp³-hybridized carbons (Fsp3) is 0.125. The first-order valence-corrected chi connectivity index (χ1v) is 23.2. The van der Waals surface area contributed by atoms with E-state index >= 15 is 0 Å². The van der Waals surface area contributed by atoms with Crippen LogP contribution in [0, 0.1) is 0 Å². The highest BCUT2D eigenvalue weighted by Crippen LogP contribution is 2.64. The minimum absolute atomic E-state index is 0.0400. The quantitative estimate of drug-likeness (QED) is 0.171. The third-order valence-electron chi connectivity index (χ3n) is 15.2. The molecule has 3 aliphatic rings. The van der Waals surface area contributed by atoms with Crippen LogP contribution in [-0.2, 0) is 16.2 Å². The molecule has 1 nitrogen and oxygen atoms in total. The second-order valence-electron chi connectivity index (χ2n) is 20.0. The van der Waals surface area contributed by atoms with Gasteiger partial charge in [-0.1, -0.05) is 217 Å². The Hall–Kier alpha value is -7.48. The van der Waals surface area contributed by atoms with Crippen molar-refractivity contribution in [1.29, 1.82) is 0 Å². The molecule has 0 fully saturated rings. The summed E-state index contributed by atoms with van der Waals surface area (Å²) < 4.78 is 0. The second-order valence-corrected chi connectivity index (χ2v) is 20.0. The maximum absolute atomic E-state index is 2.59. The summed E-state index contributed by atoms with van der Waals surface area (Å²) in [4.78, 5) is 2.59. The molecule has 3 aliphatic carbocycles. The smallest absolute Gasteiger partial charge is 0.0725 e. The molecule has 0 bridgehead atoms. The van der Waals surface area contributed by atoms with Gasteiger partial charge in [0.2, 0.25) is 0 Å². The molecule has 65 heavy (non-hydrogen) atoms. The minimum atomic E-state index is -0.414. The molecule has 310 valence electrons. The first-order valence-electron chi connectivity index (χ1n) is 23.2. The standard InChI is InChI=1S/C64H49N/c1-62(2,3)52-36-38-58(48-26-9-8-23-45(48)52)65(59-37-33-40-19-6-7-20-42(40)60(59)50-28-18-27-49-46-24-10-14-29-53(46)63(4,5)61(49)50)41-34-35-57-51(39-41)47-25-13-17-32-56(47)64(57)54-30-15-11-21-43(54)44-22-12-16-31-55(44)64/h6-39H,1-5H3. The van der Waals surface area contributed by atoms with Gasteiger partial charge in [0.1, 0.15) is 0 Å². The number of fused-ring (bicyclic) bond motifs is 15. The van der Waals surface area contributed by atoms with E-state index in [2.05, 4.69) is 246 Å². The Morgan fingerprint density at radius 3 is 1.52 bits per heavy atom. The van der Waals surface area contributed by atoms with E-state index in [4.69, 9.17) is 0 Å². The van der Waals surface area contributed by atoms with Gasteiger partial charge in [-0.3, -0.25) is 0 Å². The SMILES string of the molecule is CC(C)(C)c1ccc(N(c2ccc3c(c2)-c2ccccc2C32c3ccccc3-c3ccccc32)c2ccc3ccccc3c2-c2cccc3c2C(C)(C)c2ccccc2-3)c2ccccc12. The minimum Gasteiger partial charge on any atom is -0.309 e. The van der Waals surface area contributed by atoms with E-state index in [0.29, 0.717) is 0 Å². The van der Waals surface area contributed by atoms with Crippen LogP contribution in [0.4, 0.5) is 17.1 Å². The predicted octanol–water partition coefficient (Wildman–Crippen LogP) is 17.1. The number of rotatable bonds is 4. The van der Waals surface area contributed by atoms with E-state index in [1.165, 1.54) is 105 Å². The largest absolute Gasteiger partial charge is 0.309 e. The highest BCUT2D eigenvalue weighted by Gasteiger charge is 2.51. The molecule has 13 rings (SSSR count). The highest BCUT2D eigenvalue weighted by molar-refractivity contribution is 6.10. The molecule has 10 aromatic rings. The Bertz CT molecular complexity index is 3590. The van der Waals surface area contributed by atoms with E-state index in [1.54, 1.807) is 0 Å². The van der Waals surface area contributed by atoms with Crippen molar-refractivity contribution in [2.24, 2.45) is 0 Å². The van der Waals surface area contributed by atoms with Gasteiger partial charge in [-0.25, -0.2) is 0 Å².